The molecule has 1 amide bonds. The lowest BCUT2D eigenvalue weighted by molar-refractivity contribution is -0.136. The van der Waals surface area contributed by atoms with Crippen molar-refractivity contribution in [3.8, 4) is 0 Å². The fraction of sp³-hybridized carbons (Fsp3) is 0.938. The minimum absolute atomic E-state index is 0. The van der Waals surface area contributed by atoms with E-state index in [0.717, 1.165) is 32.1 Å². The van der Waals surface area contributed by atoms with E-state index in [9.17, 15) is 4.79 Å². The summed E-state index contributed by atoms with van der Waals surface area (Å²) in [4.78, 5) is 12.1. The number of nitrogens with two attached hydrogens (primary N) is 1. The third-order valence-corrected chi connectivity index (χ3v) is 4.11. The number of unbranched alkanes of at least 4 members (excludes halogenated alkanes) is 1. The molecule has 2 atom stereocenters. The molecule has 2 unspecified atom stereocenters. The second-order valence-corrected chi connectivity index (χ2v) is 5.98. The molecule has 0 bridgehead atoms. The lowest BCUT2D eigenvalue weighted by atomic mass is 10.1. The largest absolute Gasteiger partial charge is 0.365 e. The van der Waals surface area contributed by atoms with Crippen LogP contribution in [0.4, 0.5) is 0 Å². The maximum Gasteiger partial charge on any atom is 0.249 e. The van der Waals surface area contributed by atoms with Gasteiger partial charge in [-0.05, 0) is 26.2 Å². The van der Waals surface area contributed by atoms with Gasteiger partial charge in [-0.2, -0.15) is 0 Å². The summed E-state index contributed by atoms with van der Waals surface area (Å²) in [7, 11) is 0. The fourth-order valence-corrected chi connectivity index (χ4v) is 2.75. The molecule has 0 aliphatic heterocycles. The first kappa shape index (κ1) is 20.7. The molecule has 1 aliphatic carbocycles. The molecular weight excluding hydrogens is 288 g/mol. The monoisotopic (exact) mass is 320 g/mol. The number of hydrogen-bond donors (Lipinski definition) is 2. The Labute approximate surface area is 136 Å². The van der Waals surface area contributed by atoms with Gasteiger partial charge in [0.2, 0.25) is 5.91 Å². The van der Waals surface area contributed by atoms with Crippen LogP contribution in [0.25, 0.3) is 0 Å². The molecule has 1 aliphatic rings. The Hall–Kier alpha value is -0.320. The zero-order valence-electron chi connectivity index (χ0n) is 13.6. The van der Waals surface area contributed by atoms with Gasteiger partial charge < -0.3 is 15.8 Å². The van der Waals surface area contributed by atoms with Crippen molar-refractivity contribution < 1.29 is 9.53 Å². The Morgan fingerprint density at radius 2 is 1.90 bits per heavy atom. The molecule has 21 heavy (non-hydrogen) atoms. The molecule has 0 saturated heterocycles. The number of amides is 1. The molecule has 1 rings (SSSR count). The second-order valence-electron chi connectivity index (χ2n) is 5.98. The molecule has 126 valence electrons. The Bertz CT molecular complexity index is 269. The lowest BCUT2D eigenvalue weighted by Gasteiger charge is -2.23. The van der Waals surface area contributed by atoms with Crippen molar-refractivity contribution in [2.75, 3.05) is 6.54 Å². The van der Waals surface area contributed by atoms with Gasteiger partial charge in [-0.1, -0.05) is 45.4 Å². The maximum atomic E-state index is 12.1. The highest BCUT2D eigenvalue weighted by molar-refractivity contribution is 5.85. The lowest BCUT2D eigenvalue weighted by Crippen LogP contribution is -2.45. The van der Waals surface area contributed by atoms with Crippen molar-refractivity contribution in [1.82, 2.24) is 5.32 Å². The number of carbonyl (C=O) groups is 1. The number of ether oxygens (including phenoxy) is 1. The number of nitrogens with one attached hydrogen (secondary N) is 1. The van der Waals surface area contributed by atoms with Gasteiger partial charge in [-0.15, -0.1) is 12.4 Å². The van der Waals surface area contributed by atoms with E-state index in [4.69, 9.17) is 10.5 Å². The van der Waals surface area contributed by atoms with Gasteiger partial charge in [0.05, 0.1) is 6.10 Å². The third kappa shape index (κ3) is 8.64. The number of halogens is 1. The van der Waals surface area contributed by atoms with Crippen molar-refractivity contribution >= 4 is 18.3 Å². The third-order valence-electron chi connectivity index (χ3n) is 4.11. The molecule has 0 radical (unpaired) electrons. The predicted octanol–water partition coefficient (Wildman–Crippen LogP) is 3.17. The Morgan fingerprint density at radius 1 is 1.29 bits per heavy atom. The molecule has 0 aromatic rings. The molecule has 3 N–H and O–H groups in total. The summed E-state index contributed by atoms with van der Waals surface area (Å²) in [6.45, 7) is 4.50. The van der Waals surface area contributed by atoms with Crippen molar-refractivity contribution in [3.05, 3.63) is 0 Å². The molecule has 0 heterocycles. The van der Waals surface area contributed by atoms with E-state index in [1.165, 1.54) is 25.7 Å². The minimum Gasteiger partial charge on any atom is -0.365 e. The number of carbonyl (C=O) groups excluding carboxylic acids is 1. The molecule has 5 heteroatoms. The number of hydrogen-bond acceptors (Lipinski definition) is 3. The van der Waals surface area contributed by atoms with Crippen molar-refractivity contribution in [2.24, 2.45) is 5.73 Å². The van der Waals surface area contributed by atoms with Gasteiger partial charge in [0.25, 0.3) is 0 Å². The maximum absolute atomic E-state index is 12.1. The van der Waals surface area contributed by atoms with Crippen molar-refractivity contribution in [3.63, 3.8) is 0 Å². The first-order chi connectivity index (χ1) is 9.67. The van der Waals surface area contributed by atoms with Crippen LogP contribution in [0.5, 0.6) is 0 Å². The van der Waals surface area contributed by atoms with Crippen LogP contribution in [-0.4, -0.2) is 30.7 Å². The first-order valence-corrected chi connectivity index (χ1v) is 8.33. The van der Waals surface area contributed by atoms with Gasteiger partial charge in [0, 0.05) is 12.6 Å². The van der Waals surface area contributed by atoms with Crippen LogP contribution in [0.1, 0.15) is 71.6 Å². The van der Waals surface area contributed by atoms with E-state index in [-0.39, 0.29) is 36.6 Å². The van der Waals surface area contributed by atoms with Crippen molar-refractivity contribution in [2.45, 2.75) is 89.9 Å². The van der Waals surface area contributed by atoms with Gasteiger partial charge >= 0.3 is 0 Å². The molecule has 1 saturated carbocycles. The molecule has 1 fully saturated rings. The Kier molecular flexibility index (Phi) is 12.1. The molecule has 0 aromatic heterocycles. The van der Waals surface area contributed by atoms with Gasteiger partial charge in [0.1, 0.15) is 6.10 Å². The van der Waals surface area contributed by atoms with Crippen LogP contribution in [0.3, 0.4) is 0 Å². The first-order valence-electron chi connectivity index (χ1n) is 8.33. The highest BCUT2D eigenvalue weighted by atomic mass is 35.5. The van der Waals surface area contributed by atoms with Crippen LogP contribution in [-0.2, 0) is 9.53 Å². The summed E-state index contributed by atoms with van der Waals surface area (Å²) < 4.78 is 5.93. The topological polar surface area (TPSA) is 64.3 Å². The van der Waals surface area contributed by atoms with E-state index in [0.29, 0.717) is 6.54 Å². The SMILES string of the molecule is CCCCC(CN)NC(=O)C(C)OC1CCCCCC1.Cl. The average Bonchev–Trinajstić information content (AvgIpc) is 2.71. The van der Waals surface area contributed by atoms with Gasteiger partial charge in [-0.3, -0.25) is 4.79 Å². The standard InChI is InChI=1S/C16H32N2O2.ClH/c1-3-4-9-14(12-17)18-16(19)13(2)20-15-10-7-5-6-8-11-15;/h13-15H,3-12,17H2,1-2H3,(H,18,19);1H. The van der Waals surface area contributed by atoms with E-state index >= 15 is 0 Å². The van der Waals surface area contributed by atoms with Crippen LogP contribution in [0.15, 0.2) is 0 Å². The normalized spacial score (nSPS) is 19.2. The highest BCUT2D eigenvalue weighted by Gasteiger charge is 2.21. The van der Waals surface area contributed by atoms with Crippen LogP contribution >= 0.6 is 12.4 Å². The predicted molar refractivity (Wildman–Crippen MR) is 89.8 cm³/mol. The zero-order chi connectivity index (χ0) is 14.8. The van der Waals surface area contributed by atoms with Gasteiger partial charge in [0.15, 0.2) is 0 Å². The minimum atomic E-state index is -0.367. The summed E-state index contributed by atoms with van der Waals surface area (Å²) in [5.74, 6) is -0.0131. The van der Waals surface area contributed by atoms with E-state index < -0.39 is 0 Å². The summed E-state index contributed by atoms with van der Waals surface area (Å²) in [5, 5.41) is 3.02. The van der Waals surface area contributed by atoms with Gasteiger partial charge in [-0.25, -0.2) is 0 Å². The zero-order valence-corrected chi connectivity index (χ0v) is 14.4. The van der Waals surface area contributed by atoms with Crippen molar-refractivity contribution in [1.29, 1.82) is 0 Å². The summed E-state index contributed by atoms with van der Waals surface area (Å²) in [6.07, 6.45) is 10.3. The Balaban J connectivity index is 0.00000400. The second kappa shape index (κ2) is 12.2. The summed E-state index contributed by atoms with van der Waals surface area (Å²) in [6, 6.07) is 0.0858. The molecule has 4 nitrogen and oxygen atoms in total. The molecule has 0 spiro atoms. The van der Waals surface area contributed by atoms with E-state index in [2.05, 4.69) is 12.2 Å². The molecule has 0 aromatic carbocycles. The van der Waals surface area contributed by atoms with Crippen LogP contribution in [0, 0.1) is 0 Å². The smallest absolute Gasteiger partial charge is 0.249 e. The Morgan fingerprint density at radius 3 is 2.43 bits per heavy atom. The average molecular weight is 321 g/mol. The fourth-order valence-electron chi connectivity index (χ4n) is 2.75. The number of rotatable bonds is 8. The van der Waals surface area contributed by atoms with Crippen LogP contribution < -0.4 is 11.1 Å². The van der Waals surface area contributed by atoms with E-state index in [1.54, 1.807) is 0 Å². The summed E-state index contributed by atoms with van der Waals surface area (Å²) >= 11 is 0. The van der Waals surface area contributed by atoms with Crippen LogP contribution in [0.2, 0.25) is 0 Å². The molecular formula is C16H33ClN2O2. The highest BCUT2D eigenvalue weighted by Crippen LogP contribution is 2.21. The summed E-state index contributed by atoms with van der Waals surface area (Å²) in [5.41, 5.74) is 5.71. The quantitative estimate of drug-likeness (QED) is 0.675. The van der Waals surface area contributed by atoms with E-state index in [1.807, 2.05) is 6.92 Å².